The number of fused-ring (bicyclic) bond motifs is 1. The fourth-order valence-corrected chi connectivity index (χ4v) is 4.17. The van der Waals surface area contributed by atoms with Gasteiger partial charge in [-0.05, 0) is 51.0 Å². The highest BCUT2D eigenvalue weighted by molar-refractivity contribution is 5.76. The van der Waals surface area contributed by atoms with Gasteiger partial charge >= 0.3 is 18.3 Å². The Labute approximate surface area is 182 Å². The van der Waals surface area contributed by atoms with Gasteiger partial charge in [0, 0.05) is 39.3 Å². The number of benzene rings is 1. The first kappa shape index (κ1) is 22.9. The molecule has 1 N–H and O–H groups in total. The normalized spacial score (nSPS) is 25.2. The van der Waals surface area contributed by atoms with Crippen LogP contribution in [0, 0.1) is 0 Å². The van der Waals surface area contributed by atoms with Gasteiger partial charge in [0.05, 0.1) is 0 Å². The number of carboxylic acid groups (broad SMARTS) is 1. The van der Waals surface area contributed by atoms with Crippen LogP contribution in [-0.4, -0.2) is 71.2 Å². The van der Waals surface area contributed by atoms with Gasteiger partial charge in [-0.15, -0.1) is 4.48 Å². The van der Waals surface area contributed by atoms with Crippen molar-refractivity contribution in [3.63, 3.8) is 0 Å². The standard InChI is InChI=1S/C22H31N3O6/c1-14-9-18(13-25(14,20(27)28)21(29)31-22(2,3)4)30-19(26)24-11-15-7-8-17(23(5)6)10-16(15)12-24/h7-8,10,14,18H,9,11-13H2,1-6H3/p+1/t14?,18-,25?/m1/s1. The minimum atomic E-state index is -1.30. The largest absolute Gasteiger partial charge is 0.527 e. The van der Waals surface area contributed by atoms with Crippen molar-refractivity contribution >= 4 is 24.0 Å². The van der Waals surface area contributed by atoms with Crippen LogP contribution in [0.3, 0.4) is 0 Å². The number of quaternary nitrogens is 1. The van der Waals surface area contributed by atoms with Crippen molar-refractivity contribution in [2.75, 3.05) is 25.5 Å². The summed E-state index contributed by atoms with van der Waals surface area (Å²) in [6.07, 6.45) is -3.06. The van der Waals surface area contributed by atoms with E-state index in [1.54, 1.807) is 32.6 Å². The lowest BCUT2D eigenvalue weighted by Gasteiger charge is -2.31. The van der Waals surface area contributed by atoms with Crippen LogP contribution >= 0.6 is 0 Å². The quantitative estimate of drug-likeness (QED) is 0.707. The molecule has 1 fully saturated rings. The van der Waals surface area contributed by atoms with Crippen LogP contribution in [-0.2, 0) is 22.6 Å². The Morgan fingerprint density at radius 2 is 1.81 bits per heavy atom. The molecule has 2 unspecified atom stereocenters. The summed E-state index contributed by atoms with van der Waals surface area (Å²) in [4.78, 5) is 41.3. The van der Waals surface area contributed by atoms with Gasteiger partial charge in [0.25, 0.3) is 0 Å². The molecule has 3 amide bonds. The van der Waals surface area contributed by atoms with Gasteiger partial charge in [-0.1, -0.05) is 6.07 Å². The molecule has 0 bridgehead atoms. The fourth-order valence-electron chi connectivity index (χ4n) is 4.17. The van der Waals surface area contributed by atoms with Gasteiger partial charge in [-0.25, -0.2) is 4.79 Å². The topological polar surface area (TPSA) is 96.4 Å². The van der Waals surface area contributed by atoms with Crippen molar-refractivity contribution in [2.45, 2.75) is 65.0 Å². The van der Waals surface area contributed by atoms with Crippen LogP contribution in [0.15, 0.2) is 18.2 Å². The Morgan fingerprint density at radius 1 is 1.16 bits per heavy atom. The zero-order chi connectivity index (χ0) is 23.1. The van der Waals surface area contributed by atoms with E-state index < -0.39 is 40.5 Å². The highest BCUT2D eigenvalue weighted by Crippen LogP contribution is 2.33. The number of amides is 3. The molecule has 3 rings (SSSR count). The molecule has 2 heterocycles. The maximum atomic E-state index is 12.8. The summed E-state index contributed by atoms with van der Waals surface area (Å²) in [6.45, 7) is 7.46. The number of imide groups is 1. The number of carbonyl (C=O) groups is 3. The second-order valence-corrected chi connectivity index (χ2v) is 9.61. The fraction of sp³-hybridized carbons (Fsp3) is 0.591. The van der Waals surface area contributed by atoms with E-state index >= 15 is 0 Å². The van der Waals surface area contributed by atoms with Gasteiger partial charge < -0.3 is 19.5 Å². The number of rotatable bonds is 2. The van der Waals surface area contributed by atoms with E-state index in [4.69, 9.17) is 9.47 Å². The zero-order valence-corrected chi connectivity index (χ0v) is 19.0. The number of carbonyl (C=O) groups excluding carboxylic acids is 2. The molecular formula is C22H32N3O6+. The number of nitrogens with zero attached hydrogens (tertiary/aromatic N) is 3. The van der Waals surface area contributed by atoms with Gasteiger partial charge in [0.2, 0.25) is 0 Å². The maximum Gasteiger partial charge on any atom is 0.527 e. The first-order chi connectivity index (χ1) is 14.3. The first-order valence-electron chi connectivity index (χ1n) is 10.4. The summed E-state index contributed by atoms with van der Waals surface area (Å²) in [7, 11) is 3.92. The molecule has 0 saturated carbocycles. The van der Waals surface area contributed by atoms with Gasteiger partial charge in [0.1, 0.15) is 18.2 Å². The summed E-state index contributed by atoms with van der Waals surface area (Å²) >= 11 is 0. The molecule has 0 spiro atoms. The van der Waals surface area contributed by atoms with Gasteiger partial charge in [0.15, 0.2) is 6.10 Å². The number of ether oxygens (including phenoxy) is 2. The van der Waals surface area contributed by atoms with Crippen LogP contribution in [0.5, 0.6) is 0 Å². The average molecular weight is 435 g/mol. The molecule has 1 saturated heterocycles. The Morgan fingerprint density at radius 3 is 2.39 bits per heavy atom. The monoisotopic (exact) mass is 434 g/mol. The van der Waals surface area contributed by atoms with E-state index in [1.807, 2.05) is 31.1 Å². The molecule has 2 aliphatic heterocycles. The number of likely N-dealkylation sites (tertiary alicyclic amines) is 1. The lowest BCUT2D eigenvalue weighted by atomic mass is 10.1. The summed E-state index contributed by atoms with van der Waals surface area (Å²) in [6, 6.07) is 5.48. The van der Waals surface area contributed by atoms with Crippen LogP contribution < -0.4 is 4.90 Å². The molecule has 170 valence electrons. The lowest BCUT2D eigenvalue weighted by Crippen LogP contribution is -2.60. The molecule has 0 radical (unpaired) electrons. The van der Waals surface area contributed by atoms with Crippen molar-refractivity contribution in [1.82, 2.24) is 4.90 Å². The Kier molecular flexibility index (Phi) is 5.92. The molecule has 0 aliphatic carbocycles. The van der Waals surface area contributed by atoms with Gasteiger partial charge in [-0.3, -0.25) is 4.90 Å². The van der Waals surface area contributed by atoms with Crippen LogP contribution in [0.4, 0.5) is 20.1 Å². The molecule has 2 aliphatic rings. The van der Waals surface area contributed by atoms with Crippen molar-refractivity contribution in [1.29, 1.82) is 0 Å². The van der Waals surface area contributed by atoms with Crippen LogP contribution in [0.25, 0.3) is 0 Å². The summed E-state index contributed by atoms with van der Waals surface area (Å²) in [5.74, 6) is 0. The molecule has 0 aromatic heterocycles. The van der Waals surface area contributed by atoms with E-state index in [1.165, 1.54) is 0 Å². The number of hydrogen-bond donors (Lipinski definition) is 1. The molecule has 31 heavy (non-hydrogen) atoms. The third kappa shape index (κ3) is 4.46. The zero-order valence-electron chi connectivity index (χ0n) is 19.0. The molecule has 1 aromatic carbocycles. The minimum absolute atomic E-state index is 0.150. The first-order valence-corrected chi connectivity index (χ1v) is 10.4. The molecular weight excluding hydrogens is 402 g/mol. The smallest absolute Gasteiger partial charge is 0.440 e. The highest BCUT2D eigenvalue weighted by Gasteiger charge is 2.60. The van der Waals surface area contributed by atoms with Gasteiger partial charge in [-0.2, -0.15) is 9.59 Å². The van der Waals surface area contributed by atoms with E-state index in [9.17, 15) is 19.5 Å². The van der Waals surface area contributed by atoms with E-state index in [0.717, 1.165) is 16.8 Å². The molecule has 3 atom stereocenters. The third-order valence-corrected chi connectivity index (χ3v) is 5.86. The Balaban J connectivity index is 1.69. The second kappa shape index (κ2) is 8.03. The van der Waals surface area contributed by atoms with Crippen molar-refractivity contribution < 1.29 is 33.4 Å². The maximum absolute atomic E-state index is 12.8. The van der Waals surface area contributed by atoms with E-state index in [-0.39, 0.29) is 13.0 Å². The van der Waals surface area contributed by atoms with E-state index in [2.05, 4.69) is 6.07 Å². The minimum Gasteiger partial charge on any atom is -0.440 e. The van der Waals surface area contributed by atoms with Crippen molar-refractivity contribution in [3.8, 4) is 0 Å². The summed E-state index contributed by atoms with van der Waals surface area (Å²) in [5, 5.41) is 9.87. The SMILES string of the molecule is CC1C[C@@H](OC(=O)N2Cc3ccc(N(C)C)cc3C2)C[N+]1(C(=O)O)C(=O)OC(C)(C)C. The van der Waals surface area contributed by atoms with Crippen molar-refractivity contribution in [3.05, 3.63) is 29.3 Å². The van der Waals surface area contributed by atoms with Crippen LogP contribution in [0.1, 0.15) is 45.2 Å². The molecule has 9 heteroatoms. The summed E-state index contributed by atoms with van der Waals surface area (Å²) < 4.78 is 10.1. The third-order valence-electron chi connectivity index (χ3n) is 5.86. The Hall–Kier alpha value is -2.81. The Bertz CT molecular complexity index is 894. The number of hydrogen-bond acceptors (Lipinski definition) is 6. The predicted molar refractivity (Wildman–Crippen MR) is 114 cm³/mol. The summed E-state index contributed by atoms with van der Waals surface area (Å²) in [5.41, 5.74) is 2.36. The highest BCUT2D eigenvalue weighted by atomic mass is 16.6. The second-order valence-electron chi connectivity index (χ2n) is 9.61. The number of anilines is 1. The van der Waals surface area contributed by atoms with Crippen LogP contribution in [0.2, 0.25) is 0 Å². The lowest BCUT2D eigenvalue weighted by molar-refractivity contribution is -0.797. The van der Waals surface area contributed by atoms with Crippen molar-refractivity contribution in [2.24, 2.45) is 0 Å². The molecule has 1 aromatic rings. The molecule has 9 nitrogen and oxygen atoms in total. The predicted octanol–water partition coefficient (Wildman–Crippen LogP) is 3.80. The average Bonchev–Trinajstić information content (AvgIpc) is 3.20. The van der Waals surface area contributed by atoms with E-state index in [0.29, 0.717) is 13.1 Å².